The zero-order chi connectivity index (χ0) is 24.1. The van der Waals surface area contributed by atoms with Crippen LogP contribution in [0.3, 0.4) is 0 Å². The topological polar surface area (TPSA) is 77.1 Å². The first-order valence-corrected chi connectivity index (χ1v) is 11.4. The quantitative estimate of drug-likeness (QED) is 0.728. The molecular weight excluding hydrogens is 446 g/mol. The van der Waals surface area contributed by atoms with E-state index >= 15 is 4.39 Å². The fourth-order valence-corrected chi connectivity index (χ4v) is 4.75. The first-order valence-electron chi connectivity index (χ1n) is 11.4. The Labute approximate surface area is 196 Å². The summed E-state index contributed by atoms with van der Waals surface area (Å²) in [5.74, 6) is -1.65. The van der Waals surface area contributed by atoms with Crippen LogP contribution in [0.2, 0.25) is 0 Å². The maximum absolute atomic E-state index is 15.0. The summed E-state index contributed by atoms with van der Waals surface area (Å²) in [6, 6.07) is 4.49. The van der Waals surface area contributed by atoms with Crippen LogP contribution < -0.4 is 19.5 Å². The number of ether oxygens (including phenoxy) is 3. The van der Waals surface area contributed by atoms with Gasteiger partial charge in [0.05, 0.1) is 24.4 Å². The monoisotopic (exact) mass is 472 g/mol. The van der Waals surface area contributed by atoms with E-state index in [0.717, 1.165) is 5.56 Å². The highest BCUT2D eigenvalue weighted by molar-refractivity contribution is 6.00. The number of anilines is 1. The van der Waals surface area contributed by atoms with Gasteiger partial charge in [-0.2, -0.15) is 0 Å². The maximum atomic E-state index is 15.0. The summed E-state index contributed by atoms with van der Waals surface area (Å²) in [5, 5.41) is 2.57. The van der Waals surface area contributed by atoms with Crippen LogP contribution in [0.25, 0.3) is 0 Å². The molecule has 9 heteroatoms. The van der Waals surface area contributed by atoms with Gasteiger partial charge in [-0.25, -0.2) is 8.78 Å². The Morgan fingerprint density at radius 1 is 1.18 bits per heavy atom. The summed E-state index contributed by atoms with van der Waals surface area (Å²) in [5.41, 5.74) is 1.26. The molecule has 0 unspecified atom stereocenters. The largest absolute Gasteiger partial charge is 0.490 e. The van der Waals surface area contributed by atoms with Gasteiger partial charge in [0.2, 0.25) is 5.91 Å². The average molecular weight is 472 g/mol. The third-order valence-electron chi connectivity index (χ3n) is 6.37. The van der Waals surface area contributed by atoms with Gasteiger partial charge in [0.25, 0.3) is 5.91 Å². The van der Waals surface area contributed by atoms with Crippen molar-refractivity contribution in [2.75, 3.05) is 18.5 Å². The molecule has 0 aromatic heterocycles. The lowest BCUT2D eigenvalue weighted by atomic mass is 10.0. The molecule has 34 heavy (non-hydrogen) atoms. The predicted molar refractivity (Wildman–Crippen MR) is 120 cm³/mol. The second kappa shape index (κ2) is 8.45. The van der Waals surface area contributed by atoms with Crippen LogP contribution in [0, 0.1) is 18.6 Å². The highest BCUT2D eigenvalue weighted by Crippen LogP contribution is 2.40. The number of amides is 2. The van der Waals surface area contributed by atoms with Crippen molar-refractivity contribution in [2.24, 2.45) is 0 Å². The van der Waals surface area contributed by atoms with Gasteiger partial charge in [0.1, 0.15) is 24.0 Å². The molecular formula is C25H26F2N2O5. The number of halogens is 2. The molecule has 3 aliphatic heterocycles. The normalized spacial score (nSPS) is 21.3. The lowest BCUT2D eigenvalue weighted by Crippen LogP contribution is -2.37. The number of benzene rings is 2. The number of aryl methyl sites for hydroxylation is 2. The highest BCUT2D eigenvalue weighted by Gasteiger charge is 2.42. The second-order valence-electron chi connectivity index (χ2n) is 9.23. The van der Waals surface area contributed by atoms with Gasteiger partial charge < -0.3 is 24.4 Å². The van der Waals surface area contributed by atoms with Gasteiger partial charge in [-0.3, -0.25) is 9.59 Å². The van der Waals surface area contributed by atoms with Crippen LogP contribution in [-0.2, 0) is 11.2 Å². The summed E-state index contributed by atoms with van der Waals surface area (Å²) >= 11 is 0. The Balaban J connectivity index is 1.40. The minimum absolute atomic E-state index is 0.0166. The molecule has 5 rings (SSSR count). The minimum Gasteiger partial charge on any atom is -0.490 e. The Hall–Kier alpha value is -3.36. The lowest BCUT2D eigenvalue weighted by Gasteiger charge is -2.22. The number of nitrogens with one attached hydrogen (secondary N) is 1. The first kappa shape index (κ1) is 22.4. The van der Waals surface area contributed by atoms with E-state index in [0.29, 0.717) is 30.6 Å². The number of hydrogen-bond acceptors (Lipinski definition) is 5. The van der Waals surface area contributed by atoms with Crippen molar-refractivity contribution in [3.8, 4) is 17.2 Å². The molecule has 0 saturated carbocycles. The molecule has 3 heterocycles. The molecule has 2 aromatic carbocycles. The Morgan fingerprint density at radius 3 is 2.74 bits per heavy atom. The Kier molecular flexibility index (Phi) is 5.58. The fraction of sp³-hybridized carbons (Fsp3) is 0.440. The highest BCUT2D eigenvalue weighted by atomic mass is 19.1. The van der Waals surface area contributed by atoms with E-state index in [4.69, 9.17) is 14.2 Å². The van der Waals surface area contributed by atoms with Crippen LogP contribution in [0.15, 0.2) is 18.2 Å². The molecule has 0 spiro atoms. The van der Waals surface area contributed by atoms with Crippen LogP contribution in [-0.4, -0.2) is 48.1 Å². The fourth-order valence-electron chi connectivity index (χ4n) is 4.75. The van der Waals surface area contributed by atoms with E-state index < -0.39 is 23.6 Å². The van der Waals surface area contributed by atoms with Crippen molar-refractivity contribution in [2.45, 2.75) is 58.3 Å². The zero-order valence-electron chi connectivity index (χ0n) is 19.2. The number of nitrogens with zero attached hydrogens (tertiary/aromatic N) is 1. The molecule has 1 saturated heterocycles. The number of carbonyl (C=O) groups is 2. The van der Waals surface area contributed by atoms with Gasteiger partial charge in [-0.05, 0) is 50.5 Å². The third kappa shape index (κ3) is 3.82. The van der Waals surface area contributed by atoms with Crippen LogP contribution in [0.1, 0.15) is 48.2 Å². The molecule has 1 N–H and O–H groups in total. The summed E-state index contributed by atoms with van der Waals surface area (Å²) < 4.78 is 47.5. The summed E-state index contributed by atoms with van der Waals surface area (Å²) in [7, 11) is 0. The number of rotatable bonds is 4. The Morgan fingerprint density at radius 2 is 1.97 bits per heavy atom. The molecule has 180 valence electrons. The van der Waals surface area contributed by atoms with E-state index in [-0.39, 0.29) is 54.0 Å². The van der Waals surface area contributed by atoms with Crippen LogP contribution in [0.5, 0.6) is 17.2 Å². The predicted octanol–water partition coefficient (Wildman–Crippen LogP) is 4.00. The van der Waals surface area contributed by atoms with Gasteiger partial charge in [0, 0.05) is 12.8 Å². The summed E-state index contributed by atoms with van der Waals surface area (Å²) in [6.45, 7) is 5.50. The van der Waals surface area contributed by atoms with E-state index in [1.807, 2.05) is 0 Å². The first-order chi connectivity index (χ1) is 16.2. The molecule has 2 atom stereocenters. The van der Waals surface area contributed by atoms with Gasteiger partial charge in [0.15, 0.2) is 23.1 Å². The van der Waals surface area contributed by atoms with E-state index in [1.165, 1.54) is 6.07 Å². The van der Waals surface area contributed by atoms with Gasteiger partial charge >= 0.3 is 0 Å². The number of carbonyl (C=O) groups excluding carboxylic acids is 2. The van der Waals surface area contributed by atoms with Crippen molar-refractivity contribution in [3.63, 3.8) is 0 Å². The molecule has 0 aliphatic carbocycles. The van der Waals surface area contributed by atoms with Crippen molar-refractivity contribution >= 4 is 17.5 Å². The van der Waals surface area contributed by atoms with E-state index in [1.54, 1.807) is 37.8 Å². The van der Waals surface area contributed by atoms with Crippen molar-refractivity contribution in [1.82, 2.24) is 4.90 Å². The van der Waals surface area contributed by atoms with Gasteiger partial charge in [-0.15, -0.1) is 0 Å². The molecule has 2 amide bonds. The van der Waals surface area contributed by atoms with Crippen molar-refractivity contribution in [1.29, 1.82) is 0 Å². The van der Waals surface area contributed by atoms with E-state index in [2.05, 4.69) is 5.32 Å². The minimum atomic E-state index is -0.620. The number of hydrogen-bond donors (Lipinski definition) is 1. The van der Waals surface area contributed by atoms with E-state index in [9.17, 15) is 14.0 Å². The van der Waals surface area contributed by atoms with Crippen LogP contribution in [0.4, 0.5) is 14.5 Å². The lowest BCUT2D eigenvalue weighted by molar-refractivity contribution is -0.116. The zero-order valence-corrected chi connectivity index (χ0v) is 19.2. The maximum Gasteiger partial charge on any atom is 0.262 e. The third-order valence-corrected chi connectivity index (χ3v) is 6.37. The Bertz CT molecular complexity index is 1180. The molecule has 0 bridgehead atoms. The standard InChI is InChI=1S/C25H26F2N2O5/c1-12(2)33-24-20-18(8-13(3)21(24)26)32-11-15-9-16(10-29(15)25(20)31)34-17-6-4-14-5-7-19(30)28-23(14)22(17)27/h4,6,8,12,15-16H,5,7,9-11H2,1-3H3,(H,28,30)/t15-,16+/m1/s1. The second-order valence-corrected chi connectivity index (χ2v) is 9.23. The van der Waals surface area contributed by atoms with Crippen LogP contribution >= 0.6 is 0 Å². The van der Waals surface area contributed by atoms with Crippen molar-refractivity contribution in [3.05, 3.63) is 46.5 Å². The summed E-state index contributed by atoms with van der Waals surface area (Å²) in [4.78, 5) is 26.8. The molecule has 1 fully saturated rings. The SMILES string of the molecule is Cc1cc2c(c(OC(C)C)c1F)C(=O)N1C[C@@H](Oc3ccc4c(c3F)NC(=O)CC4)C[C@@H]1CO2. The summed E-state index contributed by atoms with van der Waals surface area (Å²) in [6.07, 6.45) is 0.382. The molecule has 2 aromatic rings. The smallest absolute Gasteiger partial charge is 0.262 e. The average Bonchev–Trinajstić information content (AvgIpc) is 3.14. The van der Waals surface area contributed by atoms with Gasteiger partial charge in [-0.1, -0.05) is 6.07 Å². The van der Waals surface area contributed by atoms with Crippen molar-refractivity contribution < 1.29 is 32.6 Å². The molecule has 3 aliphatic rings. The molecule has 0 radical (unpaired) electrons. The number of fused-ring (bicyclic) bond motifs is 3. The molecule has 7 nitrogen and oxygen atoms in total.